The predicted molar refractivity (Wildman–Crippen MR) is 136 cm³/mol. The Labute approximate surface area is 205 Å². The van der Waals surface area contributed by atoms with Crippen LogP contribution in [-0.2, 0) is 24.3 Å². The minimum absolute atomic E-state index is 0.0244. The van der Waals surface area contributed by atoms with Crippen LogP contribution in [-0.4, -0.2) is 16.8 Å². The third kappa shape index (κ3) is 5.81. The highest BCUT2D eigenvalue weighted by molar-refractivity contribution is 8.72. The molecule has 0 bridgehead atoms. The number of benzene rings is 3. The van der Waals surface area contributed by atoms with Crippen molar-refractivity contribution in [3.63, 3.8) is 0 Å². The van der Waals surface area contributed by atoms with E-state index in [9.17, 15) is 16.8 Å². The van der Waals surface area contributed by atoms with Crippen LogP contribution in [0.2, 0.25) is 0 Å². The van der Waals surface area contributed by atoms with Gasteiger partial charge < -0.3 is 0 Å². The summed E-state index contributed by atoms with van der Waals surface area (Å²) in [7, 11) is -6.87. The Balaban J connectivity index is 2.04. The van der Waals surface area contributed by atoms with Gasteiger partial charge in [-0.1, -0.05) is 44.5 Å². The zero-order valence-electron chi connectivity index (χ0n) is 19.6. The number of nitriles is 1. The van der Waals surface area contributed by atoms with Gasteiger partial charge in [-0.15, -0.1) is 0 Å². The molecule has 3 aromatic carbocycles. The first kappa shape index (κ1) is 25.8. The normalized spacial score (nSPS) is 12.2. The number of rotatable bonds is 6. The lowest BCUT2D eigenvalue weighted by atomic mass is 9.86. The highest BCUT2D eigenvalue weighted by Crippen LogP contribution is 2.41. The van der Waals surface area contributed by atoms with Crippen molar-refractivity contribution < 1.29 is 16.8 Å². The summed E-state index contributed by atoms with van der Waals surface area (Å²) in [4.78, 5) is 0.728. The predicted octanol–water partition coefficient (Wildman–Crippen LogP) is 5.75. The molecule has 3 aromatic rings. The number of sulfonamides is 1. The molecule has 9 heteroatoms. The number of nitrogens with zero attached hydrogens (tertiary/aromatic N) is 1. The average Bonchev–Trinajstić information content (AvgIpc) is 2.74. The van der Waals surface area contributed by atoms with Gasteiger partial charge in [-0.25, -0.2) is 16.8 Å². The first-order valence-corrected chi connectivity index (χ1v) is 14.7. The van der Waals surface area contributed by atoms with Crippen LogP contribution < -0.4 is 4.72 Å². The smallest absolute Gasteiger partial charge is 0.261 e. The molecule has 0 aliphatic heterocycles. The summed E-state index contributed by atoms with van der Waals surface area (Å²) in [6.45, 7) is 9.43. The van der Waals surface area contributed by atoms with Crippen LogP contribution in [0.15, 0.2) is 75.4 Å². The maximum absolute atomic E-state index is 13.1. The van der Waals surface area contributed by atoms with Crippen LogP contribution in [0.25, 0.3) is 0 Å². The minimum atomic E-state index is -3.95. The van der Waals surface area contributed by atoms with E-state index in [0.29, 0.717) is 21.7 Å². The third-order valence-corrected chi connectivity index (χ3v) is 9.89. The van der Waals surface area contributed by atoms with E-state index in [-0.39, 0.29) is 15.4 Å². The van der Waals surface area contributed by atoms with E-state index in [2.05, 4.69) is 4.72 Å². The molecule has 34 heavy (non-hydrogen) atoms. The lowest BCUT2D eigenvalue weighted by Crippen LogP contribution is -2.17. The Bertz CT molecular complexity index is 1480. The minimum Gasteiger partial charge on any atom is -0.279 e. The zero-order valence-corrected chi connectivity index (χ0v) is 22.0. The summed E-state index contributed by atoms with van der Waals surface area (Å²) >= 11 is 0. The van der Waals surface area contributed by atoms with Gasteiger partial charge in [0.2, 0.25) is 8.87 Å². The topological polar surface area (TPSA) is 104 Å². The van der Waals surface area contributed by atoms with E-state index in [0.717, 1.165) is 16.4 Å². The summed E-state index contributed by atoms with van der Waals surface area (Å²) in [6, 6.07) is 17.8. The second-order valence-corrected chi connectivity index (χ2v) is 14.5. The standard InChI is InChI=1S/C25H26N2O4S3/c1-17-9-11-20(12-10-17)34(30,31)32-24-13-18(2)23(15-22(24)25(3,4)5)27-33(28,29)21-8-6-7-19(14-21)16-26/h6-15,27H,1-5H3. The summed E-state index contributed by atoms with van der Waals surface area (Å²) in [5.74, 6) is 0. The quantitative estimate of drug-likeness (QED) is 0.420. The van der Waals surface area contributed by atoms with Crippen molar-refractivity contribution in [2.45, 2.75) is 54.7 Å². The Morgan fingerprint density at radius 2 is 1.53 bits per heavy atom. The average molecular weight is 515 g/mol. The fourth-order valence-corrected chi connectivity index (χ4v) is 7.65. The fourth-order valence-electron chi connectivity index (χ4n) is 3.25. The Hall–Kier alpha value is -2.80. The van der Waals surface area contributed by atoms with Crippen molar-refractivity contribution in [2.75, 3.05) is 4.72 Å². The van der Waals surface area contributed by atoms with Gasteiger partial charge in [0.1, 0.15) is 0 Å². The summed E-state index contributed by atoms with van der Waals surface area (Å²) in [5, 5.41) is 9.09. The van der Waals surface area contributed by atoms with Crippen molar-refractivity contribution >= 4 is 35.4 Å². The Morgan fingerprint density at radius 3 is 2.12 bits per heavy atom. The first-order chi connectivity index (χ1) is 15.7. The molecule has 0 aliphatic rings. The van der Waals surface area contributed by atoms with Crippen LogP contribution in [0.5, 0.6) is 0 Å². The van der Waals surface area contributed by atoms with E-state index in [1.165, 1.54) is 24.3 Å². The second-order valence-electron chi connectivity index (χ2n) is 9.01. The van der Waals surface area contributed by atoms with Gasteiger partial charge in [0.05, 0.1) is 27.1 Å². The third-order valence-electron chi connectivity index (χ3n) is 5.16. The lowest BCUT2D eigenvalue weighted by Gasteiger charge is -2.25. The molecule has 1 N–H and O–H groups in total. The molecule has 178 valence electrons. The molecule has 0 unspecified atom stereocenters. The largest absolute Gasteiger partial charge is 0.279 e. The number of nitrogens with one attached hydrogen (secondary N) is 1. The van der Waals surface area contributed by atoms with Crippen LogP contribution in [0, 0.1) is 25.2 Å². The summed E-state index contributed by atoms with van der Waals surface area (Å²) in [6.07, 6.45) is 0. The highest BCUT2D eigenvalue weighted by atomic mass is 33.1. The fraction of sp³-hybridized carbons (Fsp3) is 0.240. The zero-order chi connectivity index (χ0) is 25.3. The molecular weight excluding hydrogens is 488 g/mol. The number of hydrogen-bond acceptors (Lipinski definition) is 6. The number of aryl methyl sites for hydroxylation is 2. The van der Waals surface area contributed by atoms with Crippen molar-refractivity contribution in [2.24, 2.45) is 0 Å². The van der Waals surface area contributed by atoms with Gasteiger partial charge >= 0.3 is 0 Å². The molecule has 6 nitrogen and oxygen atoms in total. The van der Waals surface area contributed by atoms with Crippen molar-refractivity contribution in [3.8, 4) is 6.07 Å². The number of hydrogen-bond donors (Lipinski definition) is 1. The monoisotopic (exact) mass is 514 g/mol. The maximum atomic E-state index is 13.1. The molecule has 0 aromatic heterocycles. The molecule has 0 fully saturated rings. The van der Waals surface area contributed by atoms with Gasteiger partial charge in [0, 0.05) is 15.7 Å². The van der Waals surface area contributed by atoms with E-state index < -0.39 is 24.3 Å². The van der Waals surface area contributed by atoms with E-state index >= 15 is 0 Å². The molecule has 0 heterocycles. The van der Waals surface area contributed by atoms with Crippen molar-refractivity contribution in [1.82, 2.24) is 0 Å². The van der Waals surface area contributed by atoms with E-state index in [1.54, 1.807) is 43.3 Å². The second kappa shape index (κ2) is 9.45. The molecule has 0 spiro atoms. The van der Waals surface area contributed by atoms with Crippen LogP contribution in [0.1, 0.15) is 43.0 Å². The van der Waals surface area contributed by atoms with Crippen molar-refractivity contribution in [1.29, 1.82) is 5.26 Å². The maximum Gasteiger partial charge on any atom is 0.261 e. The summed E-state index contributed by atoms with van der Waals surface area (Å²) < 4.78 is 54.7. The van der Waals surface area contributed by atoms with Crippen LogP contribution in [0.4, 0.5) is 5.69 Å². The van der Waals surface area contributed by atoms with E-state index in [1.807, 2.05) is 33.8 Å². The molecule has 0 saturated heterocycles. The number of anilines is 1. The van der Waals surface area contributed by atoms with Gasteiger partial charge in [0.25, 0.3) is 10.0 Å². The van der Waals surface area contributed by atoms with Crippen LogP contribution in [0.3, 0.4) is 0 Å². The van der Waals surface area contributed by atoms with Gasteiger partial charge in [-0.3, -0.25) is 4.72 Å². The molecular formula is C25H26N2O4S3. The molecule has 0 radical (unpaired) electrons. The highest BCUT2D eigenvalue weighted by Gasteiger charge is 2.26. The molecule has 0 aliphatic carbocycles. The Morgan fingerprint density at radius 1 is 0.882 bits per heavy atom. The molecule has 3 rings (SSSR count). The molecule has 0 atom stereocenters. The van der Waals surface area contributed by atoms with Gasteiger partial charge in [-0.2, -0.15) is 5.26 Å². The summed E-state index contributed by atoms with van der Waals surface area (Å²) in [5.41, 5.74) is 2.37. The lowest BCUT2D eigenvalue weighted by molar-refractivity contribution is 0.577. The Kier molecular flexibility index (Phi) is 7.18. The van der Waals surface area contributed by atoms with E-state index in [4.69, 9.17) is 5.26 Å². The van der Waals surface area contributed by atoms with Crippen molar-refractivity contribution in [3.05, 3.63) is 82.9 Å². The SMILES string of the molecule is Cc1ccc(S(=O)(=O)Sc2cc(C)c(NS(=O)(=O)c3cccc(C#N)c3)cc2C(C)(C)C)cc1. The molecule has 0 amide bonds. The van der Waals surface area contributed by atoms with Gasteiger partial charge in [-0.05, 0) is 72.9 Å². The molecule has 0 saturated carbocycles. The first-order valence-electron chi connectivity index (χ1n) is 10.4. The van der Waals surface area contributed by atoms with Gasteiger partial charge in [0.15, 0.2) is 0 Å². The van der Waals surface area contributed by atoms with Crippen LogP contribution >= 0.6 is 10.8 Å².